The van der Waals surface area contributed by atoms with Gasteiger partial charge in [0.25, 0.3) is 0 Å². The predicted molar refractivity (Wildman–Crippen MR) is 110 cm³/mol. The lowest BCUT2D eigenvalue weighted by Gasteiger charge is -2.16. The van der Waals surface area contributed by atoms with Crippen LogP contribution in [0.1, 0.15) is 28.4 Å². The van der Waals surface area contributed by atoms with Crippen LogP contribution in [0, 0.1) is 0 Å². The van der Waals surface area contributed by atoms with Gasteiger partial charge >= 0.3 is 6.03 Å². The molecule has 0 spiro atoms. The smallest absolute Gasteiger partial charge is 0.321 e. The van der Waals surface area contributed by atoms with Crippen LogP contribution in [0.4, 0.5) is 4.79 Å². The number of hydrogen-bond donors (Lipinski definition) is 2. The molecule has 0 bridgehead atoms. The molecule has 7 nitrogen and oxygen atoms in total. The fourth-order valence-electron chi connectivity index (χ4n) is 2.56. The van der Waals surface area contributed by atoms with E-state index in [1.54, 1.807) is 18.3 Å². The third kappa shape index (κ3) is 4.99. The normalized spacial score (nSPS) is 11.8. The second-order valence-corrected chi connectivity index (χ2v) is 8.08. The van der Waals surface area contributed by atoms with Gasteiger partial charge in [-0.2, -0.15) is 0 Å². The monoisotopic (exact) mass is 415 g/mol. The van der Waals surface area contributed by atoms with Crippen molar-refractivity contribution in [2.45, 2.75) is 23.8 Å². The molecule has 2 aromatic heterocycles. The molecule has 0 aliphatic rings. The molecule has 0 saturated carbocycles. The van der Waals surface area contributed by atoms with Gasteiger partial charge in [-0.05, 0) is 23.9 Å². The van der Waals surface area contributed by atoms with E-state index in [9.17, 15) is 9.59 Å². The lowest BCUT2D eigenvalue weighted by atomic mass is 10.1. The molecule has 0 saturated heterocycles. The highest BCUT2D eigenvalue weighted by molar-refractivity contribution is 8.00. The minimum absolute atomic E-state index is 0.398. The number of rotatable bonds is 7. The van der Waals surface area contributed by atoms with Crippen LogP contribution in [-0.4, -0.2) is 33.2 Å². The molecular formula is C19H21N5O2S2. The van der Waals surface area contributed by atoms with Gasteiger partial charge < -0.3 is 9.88 Å². The Morgan fingerprint density at radius 3 is 2.64 bits per heavy atom. The maximum absolute atomic E-state index is 12.8. The van der Waals surface area contributed by atoms with Crippen LogP contribution in [0.25, 0.3) is 0 Å². The molecule has 9 heteroatoms. The zero-order valence-corrected chi connectivity index (χ0v) is 17.2. The molecule has 28 heavy (non-hydrogen) atoms. The van der Waals surface area contributed by atoms with Gasteiger partial charge in [0.1, 0.15) is 11.1 Å². The van der Waals surface area contributed by atoms with E-state index in [-0.39, 0.29) is 0 Å². The first kappa shape index (κ1) is 20.1. The molecule has 0 aliphatic heterocycles. The van der Waals surface area contributed by atoms with E-state index in [0.29, 0.717) is 18.1 Å². The van der Waals surface area contributed by atoms with E-state index in [4.69, 9.17) is 0 Å². The highest BCUT2D eigenvalue weighted by Crippen LogP contribution is 2.34. The topological polar surface area (TPSA) is 88.9 Å². The number of aromatic nitrogens is 3. The van der Waals surface area contributed by atoms with Crippen LogP contribution in [0.3, 0.4) is 0 Å². The van der Waals surface area contributed by atoms with Crippen LogP contribution < -0.4 is 10.6 Å². The van der Waals surface area contributed by atoms with Crippen molar-refractivity contribution in [3.8, 4) is 0 Å². The molecule has 3 amide bonds. The van der Waals surface area contributed by atoms with Crippen molar-refractivity contribution in [1.29, 1.82) is 0 Å². The van der Waals surface area contributed by atoms with Crippen molar-refractivity contribution in [1.82, 2.24) is 25.4 Å². The first-order valence-corrected chi connectivity index (χ1v) is 10.5. The second kappa shape index (κ2) is 9.52. The number of hydrogen-bond acceptors (Lipinski definition) is 6. The predicted octanol–water partition coefficient (Wildman–Crippen LogP) is 3.15. The van der Waals surface area contributed by atoms with Gasteiger partial charge in [-0.1, -0.05) is 48.2 Å². The van der Waals surface area contributed by atoms with Gasteiger partial charge in [-0.15, -0.1) is 21.5 Å². The lowest BCUT2D eigenvalue weighted by Crippen LogP contribution is -2.41. The fraction of sp³-hybridized carbons (Fsp3) is 0.263. The number of nitrogens with one attached hydrogen (secondary N) is 2. The van der Waals surface area contributed by atoms with Gasteiger partial charge in [-0.25, -0.2) is 4.79 Å². The van der Waals surface area contributed by atoms with Gasteiger partial charge in [0, 0.05) is 24.9 Å². The Hall–Kier alpha value is -2.65. The Bertz CT molecular complexity index is 925. The third-order valence-corrected chi connectivity index (χ3v) is 6.14. The highest BCUT2D eigenvalue weighted by atomic mass is 32.2. The lowest BCUT2D eigenvalue weighted by molar-refractivity contribution is -0.119. The molecule has 3 aromatic rings. The summed E-state index contributed by atoms with van der Waals surface area (Å²) in [7, 11) is 1.88. The number of nitrogens with zero attached hydrogens (tertiary/aromatic N) is 3. The number of urea groups is 1. The van der Waals surface area contributed by atoms with E-state index in [1.807, 2.05) is 53.4 Å². The number of carbonyl (C=O) groups is 2. The van der Waals surface area contributed by atoms with Crippen LogP contribution in [-0.2, 0) is 18.3 Å². The van der Waals surface area contributed by atoms with Crippen molar-refractivity contribution in [3.63, 3.8) is 0 Å². The zero-order chi connectivity index (χ0) is 19.9. The number of amides is 3. The van der Waals surface area contributed by atoms with Gasteiger partial charge in [0.05, 0.1) is 0 Å². The van der Waals surface area contributed by atoms with Crippen LogP contribution >= 0.6 is 23.1 Å². The summed E-state index contributed by atoms with van der Waals surface area (Å²) < 4.78 is 1.89. The standard InChI is InChI=1S/C19H21N5O2S2/c1-3-20-18(26)21-17(25)16(13-8-5-4-6-9-13)28-19-23-22-15(24(19)2)12-14-10-7-11-27-14/h4-11,16H,3,12H2,1-2H3,(H2,20,21,25,26). The van der Waals surface area contributed by atoms with Crippen molar-refractivity contribution < 1.29 is 9.59 Å². The minimum Gasteiger partial charge on any atom is -0.338 e. The summed E-state index contributed by atoms with van der Waals surface area (Å²) in [5.74, 6) is 0.422. The number of thiophene rings is 1. The fourth-order valence-corrected chi connectivity index (χ4v) is 4.28. The van der Waals surface area contributed by atoms with E-state index in [1.165, 1.54) is 16.6 Å². The summed E-state index contributed by atoms with van der Waals surface area (Å²) in [5.41, 5.74) is 0.789. The van der Waals surface area contributed by atoms with Crippen LogP contribution in [0.15, 0.2) is 53.0 Å². The van der Waals surface area contributed by atoms with Crippen molar-refractivity contribution >= 4 is 35.0 Å². The summed E-state index contributed by atoms with van der Waals surface area (Å²) in [6, 6.07) is 12.9. The van der Waals surface area contributed by atoms with Crippen LogP contribution in [0.2, 0.25) is 0 Å². The molecule has 1 atom stereocenters. The molecule has 2 heterocycles. The number of carbonyl (C=O) groups excluding carboxylic acids is 2. The molecular weight excluding hydrogens is 394 g/mol. The molecule has 0 aliphatic carbocycles. The average molecular weight is 416 g/mol. The summed E-state index contributed by atoms with van der Waals surface area (Å²) in [5, 5.41) is 15.5. The Morgan fingerprint density at radius 1 is 1.18 bits per heavy atom. The van der Waals surface area contributed by atoms with Gasteiger partial charge in [0.2, 0.25) is 5.91 Å². The summed E-state index contributed by atoms with van der Waals surface area (Å²) in [4.78, 5) is 25.8. The first-order valence-electron chi connectivity index (χ1n) is 8.79. The molecule has 1 aromatic carbocycles. The Balaban J connectivity index is 1.80. The van der Waals surface area contributed by atoms with Crippen molar-refractivity contribution in [2.75, 3.05) is 6.54 Å². The SMILES string of the molecule is CCNC(=O)NC(=O)C(Sc1nnc(Cc2cccs2)n1C)c1ccccc1. The summed E-state index contributed by atoms with van der Waals surface area (Å²) in [6.07, 6.45) is 0.683. The van der Waals surface area contributed by atoms with E-state index in [0.717, 1.165) is 11.4 Å². The second-order valence-electron chi connectivity index (χ2n) is 5.97. The molecule has 1 unspecified atom stereocenters. The van der Waals surface area contributed by atoms with E-state index >= 15 is 0 Å². The summed E-state index contributed by atoms with van der Waals surface area (Å²) >= 11 is 2.94. The van der Waals surface area contributed by atoms with E-state index < -0.39 is 17.2 Å². The largest absolute Gasteiger partial charge is 0.338 e. The van der Waals surface area contributed by atoms with Crippen molar-refractivity contribution in [2.24, 2.45) is 7.05 Å². The maximum atomic E-state index is 12.8. The number of thioether (sulfide) groups is 1. The maximum Gasteiger partial charge on any atom is 0.321 e. The Labute approximate surface area is 171 Å². The molecule has 0 radical (unpaired) electrons. The van der Waals surface area contributed by atoms with Gasteiger partial charge in [-0.3, -0.25) is 10.1 Å². The average Bonchev–Trinajstić information content (AvgIpc) is 3.32. The minimum atomic E-state index is -0.624. The Morgan fingerprint density at radius 2 is 1.96 bits per heavy atom. The zero-order valence-electron chi connectivity index (χ0n) is 15.6. The Kier molecular flexibility index (Phi) is 6.83. The first-order chi connectivity index (χ1) is 13.6. The number of imide groups is 1. The molecule has 146 valence electrons. The quantitative estimate of drug-likeness (QED) is 0.579. The van der Waals surface area contributed by atoms with Crippen molar-refractivity contribution in [3.05, 3.63) is 64.1 Å². The number of benzene rings is 1. The van der Waals surface area contributed by atoms with Crippen LogP contribution in [0.5, 0.6) is 0 Å². The molecule has 3 rings (SSSR count). The highest BCUT2D eigenvalue weighted by Gasteiger charge is 2.26. The molecule has 2 N–H and O–H groups in total. The summed E-state index contributed by atoms with van der Waals surface area (Å²) in [6.45, 7) is 2.24. The third-order valence-electron chi connectivity index (χ3n) is 3.98. The molecule has 0 fully saturated rings. The van der Waals surface area contributed by atoms with E-state index in [2.05, 4.69) is 26.9 Å². The van der Waals surface area contributed by atoms with Gasteiger partial charge in [0.15, 0.2) is 5.16 Å².